The van der Waals surface area contributed by atoms with Gasteiger partial charge in [0.15, 0.2) is 12.7 Å². The van der Waals surface area contributed by atoms with Crippen molar-refractivity contribution in [3.8, 4) is 0 Å². The second kappa shape index (κ2) is 22.8. The van der Waals surface area contributed by atoms with Crippen molar-refractivity contribution >= 4 is 19.2 Å². The molecular weight excluding hydrogens is 485 g/mol. The van der Waals surface area contributed by atoms with E-state index in [0.717, 1.165) is 6.42 Å². The minimum Gasteiger partial charge on any atom is -0.756 e. The Hall–Kier alpha value is -0.340. The Balaban J connectivity index is 1.95. The van der Waals surface area contributed by atoms with E-state index in [2.05, 4.69) is 6.92 Å². The number of nitrogens with zero attached hydrogens (tertiary/aromatic N) is 1. The molecule has 0 aliphatic heterocycles. The van der Waals surface area contributed by atoms with Crippen LogP contribution in [-0.4, -0.2) is 39.1 Å². The van der Waals surface area contributed by atoms with Crippen LogP contribution < -0.4 is 9.46 Å². The van der Waals surface area contributed by atoms with Crippen LogP contribution in [0.2, 0.25) is 0 Å². The molecule has 0 bridgehead atoms. The second-order valence-corrected chi connectivity index (χ2v) is 11.3. The van der Waals surface area contributed by atoms with Gasteiger partial charge in [0.2, 0.25) is 5.51 Å². The van der Waals surface area contributed by atoms with Crippen LogP contribution in [0.5, 0.6) is 0 Å². The molecule has 0 amide bonds. The molecule has 7 nitrogen and oxygen atoms in total. The van der Waals surface area contributed by atoms with Crippen molar-refractivity contribution in [1.82, 2.24) is 0 Å². The zero-order valence-electron chi connectivity index (χ0n) is 22.2. The largest absolute Gasteiger partial charge is 0.756 e. The molecule has 0 radical (unpaired) electrons. The Kier molecular flexibility index (Phi) is 21.3. The van der Waals surface area contributed by atoms with Crippen LogP contribution in [0, 0.1) is 0 Å². The molecule has 35 heavy (non-hydrogen) atoms. The van der Waals surface area contributed by atoms with Crippen LogP contribution in [0.1, 0.15) is 104 Å². The first-order valence-corrected chi connectivity index (χ1v) is 16.2. The maximum Gasteiger partial charge on any atom is 0.268 e. The SMILES string of the molecule is CCCCCCCCCCCCCCCCOC[C@H](COP(=O)([O-])OCC[n+]1ccsc1)OCC. The molecule has 2 atom stereocenters. The number of aromatic nitrogens is 1. The molecular formula is C26H50NO6PS. The second-order valence-electron chi connectivity index (χ2n) is 9.09. The van der Waals surface area contributed by atoms with Crippen molar-refractivity contribution < 1.29 is 32.5 Å². The highest BCUT2D eigenvalue weighted by atomic mass is 32.1. The van der Waals surface area contributed by atoms with Gasteiger partial charge in [0.1, 0.15) is 12.7 Å². The van der Waals surface area contributed by atoms with E-state index in [1.165, 1.54) is 94.8 Å². The molecule has 0 aliphatic rings. The quantitative estimate of drug-likeness (QED) is 0.0771. The zero-order chi connectivity index (χ0) is 25.5. The van der Waals surface area contributed by atoms with Gasteiger partial charge in [-0.3, -0.25) is 4.57 Å². The third-order valence-corrected chi connectivity index (χ3v) is 7.53. The van der Waals surface area contributed by atoms with Gasteiger partial charge in [-0.05, 0) is 13.3 Å². The van der Waals surface area contributed by atoms with Gasteiger partial charge >= 0.3 is 0 Å². The van der Waals surface area contributed by atoms with E-state index in [1.807, 2.05) is 28.6 Å². The van der Waals surface area contributed by atoms with Crippen molar-refractivity contribution in [2.75, 3.05) is 33.0 Å². The standard InChI is InChI=1S/C26H50NO6PS/c1-3-5-6-7-8-9-10-11-12-13-14-15-16-17-20-30-23-26(31-4-2)24-33-34(28,29)32-21-18-27-19-22-35-25-27/h19,22,25-26H,3-18,20-21,23-24H2,1-2H3/t26-/m1/s1. The fourth-order valence-corrected chi connectivity index (χ4v) is 5.21. The molecule has 9 heteroatoms. The highest BCUT2D eigenvalue weighted by molar-refractivity contribution is 7.45. The molecule has 0 saturated heterocycles. The Morgan fingerprint density at radius 1 is 0.829 bits per heavy atom. The minimum atomic E-state index is -4.36. The lowest BCUT2D eigenvalue weighted by molar-refractivity contribution is -0.693. The summed E-state index contributed by atoms with van der Waals surface area (Å²) in [6.45, 7) is 5.97. The molecule has 0 spiro atoms. The van der Waals surface area contributed by atoms with Gasteiger partial charge in [-0.15, -0.1) is 0 Å². The molecule has 1 aromatic heterocycles. The normalized spacial score (nSPS) is 14.3. The van der Waals surface area contributed by atoms with Gasteiger partial charge < -0.3 is 23.4 Å². The van der Waals surface area contributed by atoms with Crippen molar-refractivity contribution in [2.24, 2.45) is 0 Å². The van der Waals surface area contributed by atoms with E-state index < -0.39 is 13.9 Å². The predicted molar refractivity (Wildman–Crippen MR) is 141 cm³/mol. The van der Waals surface area contributed by atoms with Crippen molar-refractivity contribution in [3.05, 3.63) is 17.1 Å². The molecule has 0 fully saturated rings. The number of ether oxygens (including phenoxy) is 2. The topological polar surface area (TPSA) is 80.9 Å². The lowest BCUT2D eigenvalue weighted by Gasteiger charge is -2.25. The van der Waals surface area contributed by atoms with Crippen LogP contribution in [0.25, 0.3) is 0 Å². The van der Waals surface area contributed by atoms with Gasteiger partial charge in [0.05, 0.1) is 18.6 Å². The van der Waals surface area contributed by atoms with E-state index in [-0.39, 0.29) is 13.2 Å². The summed E-state index contributed by atoms with van der Waals surface area (Å²) in [6, 6.07) is 0. The van der Waals surface area contributed by atoms with Crippen LogP contribution >= 0.6 is 19.2 Å². The van der Waals surface area contributed by atoms with Crippen molar-refractivity contribution in [1.29, 1.82) is 0 Å². The van der Waals surface area contributed by atoms with E-state index in [0.29, 0.717) is 26.4 Å². The monoisotopic (exact) mass is 535 g/mol. The van der Waals surface area contributed by atoms with Crippen LogP contribution in [0.15, 0.2) is 17.1 Å². The van der Waals surface area contributed by atoms with E-state index in [1.54, 1.807) is 0 Å². The summed E-state index contributed by atoms with van der Waals surface area (Å²) >= 11 is 1.54. The summed E-state index contributed by atoms with van der Waals surface area (Å²) in [7, 11) is -4.36. The number of phosphoric acid groups is 1. The Morgan fingerprint density at radius 2 is 1.43 bits per heavy atom. The predicted octanol–water partition coefficient (Wildman–Crippen LogP) is 6.44. The Bertz CT molecular complexity index is 619. The fourth-order valence-electron chi connectivity index (χ4n) is 3.85. The number of rotatable bonds is 26. The first-order chi connectivity index (χ1) is 17.1. The summed E-state index contributed by atoms with van der Waals surface area (Å²) < 4.78 is 35.0. The number of hydrogen-bond donors (Lipinski definition) is 0. The highest BCUT2D eigenvalue weighted by Gasteiger charge is 2.16. The van der Waals surface area contributed by atoms with Crippen LogP contribution in [0.3, 0.4) is 0 Å². The lowest BCUT2D eigenvalue weighted by atomic mass is 10.0. The number of thiazole rings is 1. The third kappa shape index (κ3) is 20.4. The average molecular weight is 536 g/mol. The summed E-state index contributed by atoms with van der Waals surface area (Å²) in [6.07, 6.45) is 20.0. The number of phosphoric ester groups is 1. The van der Waals surface area contributed by atoms with Gasteiger partial charge in [0.25, 0.3) is 7.82 Å². The molecule has 1 heterocycles. The van der Waals surface area contributed by atoms with Gasteiger partial charge in [-0.2, -0.15) is 4.57 Å². The number of hydrogen-bond acceptors (Lipinski definition) is 7. The van der Waals surface area contributed by atoms with Crippen LogP contribution in [0.4, 0.5) is 0 Å². The first kappa shape index (κ1) is 32.7. The van der Waals surface area contributed by atoms with E-state index in [9.17, 15) is 9.46 Å². The van der Waals surface area contributed by atoms with Gasteiger partial charge in [-0.1, -0.05) is 102 Å². The third-order valence-electron chi connectivity index (χ3n) is 5.89. The summed E-state index contributed by atoms with van der Waals surface area (Å²) in [5, 5.41) is 1.92. The summed E-state index contributed by atoms with van der Waals surface area (Å²) in [4.78, 5) is 12.0. The molecule has 206 valence electrons. The van der Waals surface area contributed by atoms with Gasteiger partial charge in [-0.25, -0.2) is 0 Å². The van der Waals surface area contributed by atoms with E-state index in [4.69, 9.17) is 18.5 Å². The molecule has 1 rings (SSSR count). The maximum atomic E-state index is 12.0. The molecule has 1 aromatic rings. The van der Waals surface area contributed by atoms with E-state index >= 15 is 0 Å². The first-order valence-electron chi connectivity index (χ1n) is 13.8. The molecule has 0 saturated carbocycles. The fraction of sp³-hybridized carbons (Fsp3) is 0.885. The summed E-state index contributed by atoms with van der Waals surface area (Å²) in [5.41, 5.74) is 1.89. The smallest absolute Gasteiger partial charge is 0.268 e. The van der Waals surface area contributed by atoms with Crippen LogP contribution in [-0.2, 0) is 29.6 Å². The Labute approximate surface area is 218 Å². The molecule has 0 aliphatic carbocycles. The average Bonchev–Trinajstić information content (AvgIpc) is 3.35. The lowest BCUT2D eigenvalue weighted by Crippen LogP contribution is -2.33. The maximum absolute atomic E-state index is 12.0. The van der Waals surface area contributed by atoms with Crippen molar-refractivity contribution in [3.63, 3.8) is 0 Å². The minimum absolute atomic E-state index is 0.0388. The molecule has 0 aromatic carbocycles. The van der Waals surface area contributed by atoms with Crippen molar-refractivity contribution in [2.45, 2.75) is 116 Å². The summed E-state index contributed by atoms with van der Waals surface area (Å²) in [5.74, 6) is 0. The van der Waals surface area contributed by atoms with Gasteiger partial charge in [0, 0.05) is 13.2 Å². The number of unbranched alkanes of at least 4 members (excludes halogenated alkanes) is 13. The highest BCUT2D eigenvalue weighted by Crippen LogP contribution is 2.38. The zero-order valence-corrected chi connectivity index (χ0v) is 23.9. The molecule has 1 unspecified atom stereocenters. The Morgan fingerprint density at radius 3 is 1.97 bits per heavy atom. The molecule has 0 N–H and O–H groups in total.